The number of esters is 1. The summed E-state index contributed by atoms with van der Waals surface area (Å²) in [5.41, 5.74) is 1.31. The van der Waals surface area contributed by atoms with Crippen LogP contribution in [0.25, 0.3) is 6.08 Å². The van der Waals surface area contributed by atoms with Crippen molar-refractivity contribution in [2.45, 2.75) is 6.42 Å². The summed E-state index contributed by atoms with van der Waals surface area (Å²) in [5.74, 6) is 0.232. The van der Waals surface area contributed by atoms with Gasteiger partial charge in [0.15, 0.2) is 6.29 Å². The molecule has 1 aromatic carbocycles. The van der Waals surface area contributed by atoms with Crippen LogP contribution in [0.15, 0.2) is 24.3 Å². The Morgan fingerprint density at radius 2 is 2.12 bits per heavy atom. The van der Waals surface area contributed by atoms with Crippen molar-refractivity contribution in [3.63, 3.8) is 0 Å². The molecule has 0 radical (unpaired) electrons. The lowest BCUT2D eigenvalue weighted by atomic mass is 10.1. The molecule has 0 saturated carbocycles. The zero-order chi connectivity index (χ0) is 12.7. The molecule has 0 heterocycles. The van der Waals surface area contributed by atoms with Gasteiger partial charge >= 0.3 is 5.97 Å². The van der Waals surface area contributed by atoms with E-state index in [1.165, 1.54) is 14.2 Å². The quantitative estimate of drug-likeness (QED) is 0.578. The number of hydrogen-bond acceptors (Lipinski definition) is 4. The van der Waals surface area contributed by atoms with E-state index in [9.17, 15) is 9.59 Å². The van der Waals surface area contributed by atoms with E-state index in [-0.39, 0.29) is 12.4 Å². The second-order valence-electron chi connectivity index (χ2n) is 3.30. The Morgan fingerprint density at radius 1 is 1.35 bits per heavy atom. The summed E-state index contributed by atoms with van der Waals surface area (Å²) in [4.78, 5) is 21.7. The fourth-order valence-electron chi connectivity index (χ4n) is 1.32. The van der Waals surface area contributed by atoms with Crippen LogP contribution >= 0.6 is 0 Å². The molecule has 0 amide bonds. The Morgan fingerprint density at radius 3 is 2.71 bits per heavy atom. The van der Waals surface area contributed by atoms with Crippen LogP contribution in [0, 0.1) is 0 Å². The molecule has 0 unspecified atom stereocenters. The second-order valence-corrected chi connectivity index (χ2v) is 3.30. The van der Waals surface area contributed by atoms with E-state index < -0.39 is 0 Å². The van der Waals surface area contributed by atoms with Crippen molar-refractivity contribution in [2.75, 3.05) is 14.2 Å². The minimum atomic E-state index is -0.301. The lowest BCUT2D eigenvalue weighted by Gasteiger charge is -2.03. The predicted octanol–water partition coefficient (Wildman–Crippen LogP) is 2.08. The molecule has 0 aliphatic heterocycles. The molecule has 90 valence electrons. The maximum atomic E-state index is 10.9. The smallest absolute Gasteiger partial charge is 0.309 e. The molecular weight excluding hydrogens is 220 g/mol. The van der Waals surface area contributed by atoms with Crippen molar-refractivity contribution in [2.24, 2.45) is 0 Å². The van der Waals surface area contributed by atoms with Crippen LogP contribution < -0.4 is 4.74 Å². The van der Waals surface area contributed by atoms with Gasteiger partial charge in [-0.25, -0.2) is 0 Å². The van der Waals surface area contributed by atoms with Gasteiger partial charge in [-0.3, -0.25) is 9.59 Å². The van der Waals surface area contributed by atoms with E-state index in [1.54, 1.807) is 30.4 Å². The molecule has 0 bridgehead atoms. The Bertz CT molecular complexity index is 435. The fraction of sp³-hybridized carbons (Fsp3) is 0.231. The third-order valence-corrected chi connectivity index (χ3v) is 2.20. The van der Waals surface area contributed by atoms with Crippen LogP contribution in [0.2, 0.25) is 0 Å². The van der Waals surface area contributed by atoms with Crippen molar-refractivity contribution in [3.05, 3.63) is 35.4 Å². The summed E-state index contributed by atoms with van der Waals surface area (Å²) in [6.07, 6.45) is 4.38. The summed E-state index contributed by atoms with van der Waals surface area (Å²) < 4.78 is 9.53. The number of ether oxygens (including phenoxy) is 2. The third kappa shape index (κ3) is 3.75. The first kappa shape index (κ1) is 13.0. The standard InChI is InChI=1S/C13H14O4/c1-16-12-7-6-10(8-11(12)9-14)4-3-5-13(15)17-2/h3-4,6-9H,5H2,1-2H3. The SMILES string of the molecule is COC(=O)CC=Cc1ccc(OC)c(C=O)c1. The summed E-state index contributed by atoms with van der Waals surface area (Å²) in [6.45, 7) is 0. The number of methoxy groups -OCH3 is 2. The van der Waals surface area contributed by atoms with E-state index in [0.29, 0.717) is 11.3 Å². The van der Waals surface area contributed by atoms with Crippen LogP contribution in [0.3, 0.4) is 0 Å². The van der Waals surface area contributed by atoms with Gasteiger partial charge in [0.1, 0.15) is 5.75 Å². The van der Waals surface area contributed by atoms with Gasteiger partial charge in [-0.05, 0) is 17.7 Å². The minimum absolute atomic E-state index is 0.207. The maximum absolute atomic E-state index is 10.9. The van der Waals surface area contributed by atoms with Crippen LogP contribution in [0.4, 0.5) is 0 Å². The number of hydrogen-bond donors (Lipinski definition) is 0. The second kappa shape index (κ2) is 6.48. The van der Waals surface area contributed by atoms with Gasteiger partial charge < -0.3 is 9.47 Å². The monoisotopic (exact) mass is 234 g/mol. The first-order chi connectivity index (χ1) is 8.21. The zero-order valence-electron chi connectivity index (χ0n) is 9.80. The number of rotatable bonds is 5. The van der Waals surface area contributed by atoms with Gasteiger partial charge in [0.25, 0.3) is 0 Å². The molecule has 17 heavy (non-hydrogen) atoms. The van der Waals surface area contributed by atoms with E-state index in [4.69, 9.17) is 4.74 Å². The highest BCUT2D eigenvalue weighted by Gasteiger charge is 2.01. The molecule has 4 heteroatoms. The summed E-state index contributed by atoms with van der Waals surface area (Å²) in [5, 5.41) is 0. The fourth-order valence-corrected chi connectivity index (χ4v) is 1.32. The molecule has 0 spiro atoms. The van der Waals surface area contributed by atoms with Crippen LogP contribution in [-0.2, 0) is 9.53 Å². The lowest BCUT2D eigenvalue weighted by Crippen LogP contribution is -1.96. The molecule has 0 saturated heterocycles. The van der Waals surface area contributed by atoms with E-state index in [2.05, 4.69) is 4.74 Å². The van der Waals surface area contributed by atoms with Gasteiger partial charge in [-0.1, -0.05) is 18.2 Å². The van der Waals surface area contributed by atoms with Gasteiger partial charge in [0.2, 0.25) is 0 Å². The van der Waals surface area contributed by atoms with Crippen LogP contribution in [-0.4, -0.2) is 26.5 Å². The average molecular weight is 234 g/mol. The molecule has 4 nitrogen and oxygen atoms in total. The molecule has 0 N–H and O–H groups in total. The summed E-state index contributed by atoms with van der Waals surface area (Å²) >= 11 is 0. The van der Waals surface area contributed by atoms with E-state index >= 15 is 0 Å². The van der Waals surface area contributed by atoms with E-state index in [1.807, 2.05) is 0 Å². The topological polar surface area (TPSA) is 52.6 Å². The highest BCUT2D eigenvalue weighted by Crippen LogP contribution is 2.18. The molecule has 0 fully saturated rings. The normalized spacial score (nSPS) is 10.2. The molecule has 0 aliphatic rings. The molecule has 1 aromatic rings. The molecule has 1 rings (SSSR count). The Hall–Kier alpha value is -2.10. The maximum Gasteiger partial charge on any atom is 0.309 e. The highest BCUT2D eigenvalue weighted by atomic mass is 16.5. The van der Waals surface area contributed by atoms with E-state index in [0.717, 1.165) is 11.8 Å². The van der Waals surface area contributed by atoms with Crippen molar-refractivity contribution < 1.29 is 19.1 Å². The predicted molar refractivity (Wildman–Crippen MR) is 64.0 cm³/mol. The van der Waals surface area contributed by atoms with Gasteiger partial charge in [-0.15, -0.1) is 0 Å². The van der Waals surface area contributed by atoms with Crippen molar-refractivity contribution in [3.8, 4) is 5.75 Å². The number of carbonyl (C=O) groups excluding carboxylic acids is 2. The minimum Gasteiger partial charge on any atom is -0.496 e. The van der Waals surface area contributed by atoms with Crippen LogP contribution in [0.5, 0.6) is 5.75 Å². The zero-order valence-corrected chi connectivity index (χ0v) is 9.80. The van der Waals surface area contributed by atoms with Crippen molar-refractivity contribution >= 4 is 18.3 Å². The highest BCUT2D eigenvalue weighted by molar-refractivity contribution is 5.81. The molecule has 0 atom stereocenters. The Balaban J connectivity index is 2.79. The number of carbonyl (C=O) groups is 2. The third-order valence-electron chi connectivity index (χ3n) is 2.20. The average Bonchev–Trinajstić information content (AvgIpc) is 2.38. The Kier molecular flexibility index (Phi) is 4.94. The molecular formula is C13H14O4. The van der Waals surface area contributed by atoms with Crippen molar-refractivity contribution in [1.29, 1.82) is 0 Å². The summed E-state index contributed by atoms with van der Waals surface area (Å²) in [6, 6.07) is 5.21. The van der Waals surface area contributed by atoms with Crippen LogP contribution in [0.1, 0.15) is 22.3 Å². The van der Waals surface area contributed by atoms with Gasteiger partial charge in [0, 0.05) is 0 Å². The summed E-state index contributed by atoms with van der Waals surface area (Å²) in [7, 11) is 2.85. The molecule has 0 aromatic heterocycles. The molecule has 0 aliphatic carbocycles. The first-order valence-electron chi connectivity index (χ1n) is 5.08. The number of aldehydes is 1. The largest absolute Gasteiger partial charge is 0.496 e. The lowest BCUT2D eigenvalue weighted by molar-refractivity contribution is -0.139. The van der Waals surface area contributed by atoms with Crippen molar-refractivity contribution in [1.82, 2.24) is 0 Å². The van der Waals surface area contributed by atoms with Gasteiger partial charge in [0.05, 0.1) is 26.2 Å². The number of benzene rings is 1. The van der Waals surface area contributed by atoms with Gasteiger partial charge in [-0.2, -0.15) is 0 Å². The Labute approximate surface area is 99.8 Å². The first-order valence-corrected chi connectivity index (χ1v) is 5.08.